The summed E-state index contributed by atoms with van der Waals surface area (Å²) in [6.07, 6.45) is 5.77. The Hall–Kier alpha value is -2.26. The van der Waals surface area contributed by atoms with Crippen LogP contribution in [0, 0.1) is 0 Å². The Morgan fingerprint density at radius 3 is 2.59 bits per heavy atom. The summed E-state index contributed by atoms with van der Waals surface area (Å²) in [5.74, 6) is -0.688. The number of carbonyl (C=O) groups excluding carboxylic acids is 2. The van der Waals surface area contributed by atoms with Gasteiger partial charge in [0.15, 0.2) is 0 Å². The lowest BCUT2D eigenvalue weighted by Crippen LogP contribution is -2.28. The Morgan fingerprint density at radius 2 is 1.86 bits per heavy atom. The van der Waals surface area contributed by atoms with E-state index in [0.29, 0.717) is 0 Å². The lowest BCUT2D eigenvalue weighted by atomic mass is 9.82. The van der Waals surface area contributed by atoms with E-state index in [1.807, 2.05) is 24.3 Å². The van der Waals surface area contributed by atoms with Crippen LogP contribution in [-0.4, -0.2) is 36.1 Å². The predicted molar refractivity (Wildman–Crippen MR) is 86.6 cm³/mol. The Kier molecular flexibility index (Phi) is 4.16. The first-order valence-corrected chi connectivity index (χ1v) is 7.58. The van der Waals surface area contributed by atoms with Crippen molar-refractivity contribution < 1.29 is 9.59 Å². The molecule has 0 N–H and O–H groups in total. The molecule has 1 fully saturated rings. The van der Waals surface area contributed by atoms with Crippen molar-refractivity contribution in [2.45, 2.75) is 12.3 Å². The molecule has 1 heterocycles. The summed E-state index contributed by atoms with van der Waals surface area (Å²) in [5.41, 5.74) is 3.19. The molecule has 3 heteroatoms. The Labute approximate surface area is 130 Å². The van der Waals surface area contributed by atoms with Crippen molar-refractivity contribution in [3.63, 3.8) is 0 Å². The summed E-state index contributed by atoms with van der Waals surface area (Å²) in [5, 5.41) is 0. The molecule has 0 radical (unpaired) electrons. The van der Waals surface area contributed by atoms with Gasteiger partial charge in [-0.25, -0.2) is 0 Å². The molecule has 0 amide bonds. The van der Waals surface area contributed by atoms with Gasteiger partial charge >= 0.3 is 0 Å². The van der Waals surface area contributed by atoms with Gasteiger partial charge in [-0.05, 0) is 35.3 Å². The number of hydrogen-bond donors (Lipinski definition) is 0. The van der Waals surface area contributed by atoms with E-state index in [9.17, 15) is 9.59 Å². The molecule has 1 aromatic rings. The molecule has 0 bridgehead atoms. The molecule has 1 aliphatic heterocycles. The minimum Gasteiger partial charge on any atom is -0.298 e. The highest BCUT2D eigenvalue weighted by Crippen LogP contribution is 2.36. The highest BCUT2D eigenvalue weighted by molar-refractivity contribution is 6.46. The molecule has 1 aromatic carbocycles. The lowest BCUT2D eigenvalue weighted by molar-refractivity contribution is -0.131. The molecule has 0 saturated carbocycles. The number of likely N-dealkylation sites (tertiary alicyclic amines) is 1. The summed E-state index contributed by atoms with van der Waals surface area (Å²) < 4.78 is 0. The number of carbonyl (C=O) groups is 2. The Morgan fingerprint density at radius 1 is 1.14 bits per heavy atom. The van der Waals surface area contributed by atoms with Crippen molar-refractivity contribution >= 4 is 11.6 Å². The van der Waals surface area contributed by atoms with Gasteiger partial charge in [-0.2, -0.15) is 0 Å². The van der Waals surface area contributed by atoms with Crippen molar-refractivity contribution in [1.82, 2.24) is 4.90 Å². The average molecular weight is 293 g/mol. The first-order chi connectivity index (χ1) is 10.7. The molecule has 22 heavy (non-hydrogen) atoms. The fourth-order valence-corrected chi connectivity index (χ4v) is 3.20. The van der Waals surface area contributed by atoms with Gasteiger partial charge in [0.05, 0.1) is 0 Å². The predicted octanol–water partition coefficient (Wildman–Crippen LogP) is 2.67. The molecule has 1 atom stereocenters. The van der Waals surface area contributed by atoms with Gasteiger partial charge in [-0.3, -0.25) is 14.5 Å². The van der Waals surface area contributed by atoms with E-state index in [4.69, 9.17) is 0 Å². The van der Waals surface area contributed by atoms with Crippen LogP contribution >= 0.6 is 0 Å². The van der Waals surface area contributed by atoms with Crippen LogP contribution < -0.4 is 0 Å². The average Bonchev–Trinajstić information content (AvgIpc) is 2.70. The van der Waals surface area contributed by atoms with Crippen LogP contribution in [0.1, 0.15) is 17.9 Å². The van der Waals surface area contributed by atoms with E-state index < -0.39 is 11.6 Å². The van der Waals surface area contributed by atoms with Gasteiger partial charge in [-0.15, -0.1) is 6.58 Å². The Bertz CT molecular complexity index is 670. The number of allylic oxidation sites excluding steroid dienone is 2. The molecular weight excluding hydrogens is 274 g/mol. The summed E-state index contributed by atoms with van der Waals surface area (Å²) in [6.45, 7) is 6.34. The third-order valence-corrected chi connectivity index (χ3v) is 4.31. The van der Waals surface area contributed by atoms with Crippen LogP contribution in [0.15, 0.2) is 66.3 Å². The SMILES string of the molecule is C=CCN1CCC2=CC(=O)C(=O)C=C2C(c2ccccc2)C1. The van der Waals surface area contributed by atoms with Gasteiger partial charge in [0.25, 0.3) is 0 Å². The smallest absolute Gasteiger partial charge is 0.226 e. The van der Waals surface area contributed by atoms with E-state index in [1.54, 1.807) is 6.08 Å². The van der Waals surface area contributed by atoms with Crippen LogP contribution in [0.3, 0.4) is 0 Å². The minimum atomic E-state index is -0.406. The quantitative estimate of drug-likeness (QED) is 0.488. The number of fused-ring (bicyclic) bond motifs is 1. The van der Waals surface area contributed by atoms with Crippen molar-refractivity contribution in [2.75, 3.05) is 19.6 Å². The topological polar surface area (TPSA) is 37.4 Å². The van der Waals surface area contributed by atoms with Crippen LogP contribution in [0.4, 0.5) is 0 Å². The third-order valence-electron chi connectivity index (χ3n) is 4.31. The van der Waals surface area contributed by atoms with Crippen LogP contribution in [-0.2, 0) is 9.59 Å². The van der Waals surface area contributed by atoms with Crippen molar-refractivity contribution in [3.8, 4) is 0 Å². The first kappa shape index (κ1) is 14.7. The van der Waals surface area contributed by atoms with Gasteiger partial charge in [-0.1, -0.05) is 36.4 Å². The minimum absolute atomic E-state index is 0.118. The number of nitrogens with zero attached hydrogens (tertiary/aromatic N) is 1. The summed E-state index contributed by atoms with van der Waals surface area (Å²) >= 11 is 0. The molecule has 3 nitrogen and oxygen atoms in total. The number of benzene rings is 1. The summed E-state index contributed by atoms with van der Waals surface area (Å²) in [4.78, 5) is 25.9. The zero-order valence-corrected chi connectivity index (χ0v) is 12.5. The standard InChI is InChI=1S/C19H19NO2/c1-2-9-20-10-8-15-11-18(21)19(22)12-16(15)17(13-20)14-6-4-3-5-7-14/h2-7,11-12,17H,1,8-10,13H2. The van der Waals surface area contributed by atoms with Crippen LogP contribution in [0.25, 0.3) is 0 Å². The maximum atomic E-state index is 11.8. The van der Waals surface area contributed by atoms with Gasteiger partial charge < -0.3 is 0 Å². The molecule has 0 aromatic heterocycles. The maximum absolute atomic E-state index is 11.8. The number of ketones is 2. The molecule has 0 spiro atoms. The van der Waals surface area contributed by atoms with Crippen LogP contribution in [0.2, 0.25) is 0 Å². The summed E-state index contributed by atoms with van der Waals surface area (Å²) in [6, 6.07) is 10.2. The second kappa shape index (κ2) is 6.24. The van der Waals surface area contributed by atoms with Gasteiger partial charge in [0.2, 0.25) is 11.6 Å². The van der Waals surface area contributed by atoms with Gasteiger partial charge in [0.1, 0.15) is 0 Å². The van der Waals surface area contributed by atoms with E-state index in [1.165, 1.54) is 11.6 Å². The van der Waals surface area contributed by atoms with E-state index >= 15 is 0 Å². The highest BCUT2D eigenvalue weighted by atomic mass is 16.2. The number of hydrogen-bond acceptors (Lipinski definition) is 3. The van der Waals surface area contributed by atoms with Crippen molar-refractivity contribution in [1.29, 1.82) is 0 Å². The second-order valence-electron chi connectivity index (χ2n) is 5.76. The Balaban J connectivity index is 2.03. The molecule has 1 unspecified atom stereocenters. The monoisotopic (exact) mass is 293 g/mol. The molecule has 2 aliphatic rings. The molecular formula is C19H19NO2. The van der Waals surface area contributed by atoms with Crippen molar-refractivity contribution in [2.24, 2.45) is 0 Å². The third kappa shape index (κ3) is 2.85. The highest BCUT2D eigenvalue weighted by Gasteiger charge is 2.30. The fraction of sp³-hybridized carbons (Fsp3) is 0.263. The van der Waals surface area contributed by atoms with E-state index in [-0.39, 0.29) is 5.92 Å². The number of rotatable bonds is 3. The normalized spacial score (nSPS) is 22.5. The van der Waals surface area contributed by atoms with Gasteiger partial charge in [0, 0.05) is 25.6 Å². The molecule has 1 aliphatic carbocycles. The second-order valence-corrected chi connectivity index (χ2v) is 5.76. The first-order valence-electron chi connectivity index (χ1n) is 7.58. The maximum Gasteiger partial charge on any atom is 0.226 e. The van der Waals surface area contributed by atoms with E-state index in [2.05, 4.69) is 23.6 Å². The zero-order valence-electron chi connectivity index (χ0n) is 12.5. The lowest BCUT2D eigenvalue weighted by Gasteiger charge is -2.25. The molecule has 3 rings (SSSR count). The summed E-state index contributed by atoms with van der Waals surface area (Å²) in [7, 11) is 0. The van der Waals surface area contributed by atoms with E-state index in [0.717, 1.165) is 37.2 Å². The van der Waals surface area contributed by atoms with Crippen LogP contribution in [0.5, 0.6) is 0 Å². The zero-order chi connectivity index (χ0) is 15.5. The van der Waals surface area contributed by atoms with Crippen molar-refractivity contribution in [3.05, 3.63) is 71.8 Å². The fourth-order valence-electron chi connectivity index (χ4n) is 3.20. The molecule has 112 valence electrons. The molecule has 1 saturated heterocycles. The largest absolute Gasteiger partial charge is 0.298 e.